The summed E-state index contributed by atoms with van der Waals surface area (Å²) in [5.41, 5.74) is 1.52. The quantitative estimate of drug-likeness (QED) is 0.656. The lowest BCUT2D eigenvalue weighted by Crippen LogP contribution is -2.52. The lowest BCUT2D eigenvalue weighted by Gasteiger charge is -2.33. The topological polar surface area (TPSA) is 32.3 Å². The molecule has 2 heterocycles. The average Bonchev–Trinajstić information content (AvgIpc) is 2.89. The Kier molecular flexibility index (Phi) is 3.55. The standard InChI is InChI=1S/C15H19IN2O/c1-18-10-8-15(13(18)7-4-9-16)14(19)11-5-2-3-6-12(11)17-15/h2-3,5-6,13,17H,4,7-10H2,1H3. The number of para-hydroxylation sites is 1. The third-order valence-electron chi connectivity index (χ3n) is 4.51. The van der Waals surface area contributed by atoms with E-state index < -0.39 is 0 Å². The second-order valence-corrected chi connectivity index (χ2v) is 6.63. The summed E-state index contributed by atoms with van der Waals surface area (Å²) in [5, 5.41) is 3.56. The van der Waals surface area contributed by atoms with Crippen LogP contribution in [0, 0.1) is 0 Å². The van der Waals surface area contributed by atoms with E-state index in [0.717, 1.165) is 35.1 Å². The van der Waals surface area contributed by atoms with Crippen LogP contribution in [-0.2, 0) is 0 Å². The number of nitrogens with zero attached hydrogens (tertiary/aromatic N) is 1. The van der Waals surface area contributed by atoms with Crippen molar-refractivity contribution in [3.8, 4) is 0 Å². The van der Waals surface area contributed by atoms with Gasteiger partial charge in [-0.15, -0.1) is 0 Å². The van der Waals surface area contributed by atoms with Gasteiger partial charge in [-0.2, -0.15) is 0 Å². The van der Waals surface area contributed by atoms with Gasteiger partial charge in [-0.3, -0.25) is 4.79 Å². The maximum atomic E-state index is 12.8. The van der Waals surface area contributed by atoms with E-state index in [1.54, 1.807) is 0 Å². The summed E-state index contributed by atoms with van der Waals surface area (Å²) in [6.45, 7) is 0.999. The van der Waals surface area contributed by atoms with Crippen LogP contribution < -0.4 is 5.32 Å². The van der Waals surface area contributed by atoms with Crippen molar-refractivity contribution in [2.45, 2.75) is 30.8 Å². The van der Waals surface area contributed by atoms with E-state index in [-0.39, 0.29) is 5.54 Å². The molecule has 0 saturated carbocycles. The number of benzene rings is 1. The summed E-state index contributed by atoms with van der Waals surface area (Å²) in [6, 6.07) is 8.25. The number of carbonyl (C=O) groups excluding carboxylic acids is 1. The van der Waals surface area contributed by atoms with Gasteiger partial charge < -0.3 is 10.2 Å². The Hall–Kier alpha value is -0.620. The van der Waals surface area contributed by atoms with Gasteiger partial charge in [-0.1, -0.05) is 34.7 Å². The molecular formula is C15H19IN2O. The molecule has 0 aromatic heterocycles. The summed E-state index contributed by atoms with van der Waals surface area (Å²) in [4.78, 5) is 15.2. The monoisotopic (exact) mass is 370 g/mol. The van der Waals surface area contributed by atoms with E-state index in [4.69, 9.17) is 0 Å². The zero-order chi connectivity index (χ0) is 13.5. The molecule has 2 atom stereocenters. The normalized spacial score (nSPS) is 29.8. The van der Waals surface area contributed by atoms with Crippen LogP contribution in [0.1, 0.15) is 29.6 Å². The number of halogens is 1. The number of ketones is 1. The van der Waals surface area contributed by atoms with Crippen LogP contribution in [0.25, 0.3) is 0 Å². The van der Waals surface area contributed by atoms with Crippen LogP contribution in [-0.4, -0.2) is 40.3 Å². The van der Waals surface area contributed by atoms with E-state index in [9.17, 15) is 4.79 Å². The number of fused-ring (bicyclic) bond motifs is 1. The van der Waals surface area contributed by atoms with Crippen molar-refractivity contribution in [1.29, 1.82) is 0 Å². The number of carbonyl (C=O) groups is 1. The summed E-state index contributed by atoms with van der Waals surface area (Å²) in [7, 11) is 2.14. The molecule has 1 aromatic carbocycles. The predicted octanol–water partition coefficient (Wildman–Crippen LogP) is 2.95. The minimum Gasteiger partial charge on any atom is -0.371 e. The van der Waals surface area contributed by atoms with Gasteiger partial charge >= 0.3 is 0 Å². The molecule has 1 aromatic rings. The van der Waals surface area contributed by atoms with Crippen LogP contribution in [0.4, 0.5) is 5.69 Å². The number of likely N-dealkylation sites (tertiary alicyclic amines) is 1. The van der Waals surface area contributed by atoms with Crippen LogP contribution in [0.3, 0.4) is 0 Å². The molecule has 3 nitrogen and oxygen atoms in total. The number of hydrogen-bond acceptors (Lipinski definition) is 3. The fourth-order valence-electron chi connectivity index (χ4n) is 3.53. The van der Waals surface area contributed by atoms with Gasteiger partial charge in [0.15, 0.2) is 5.78 Å². The summed E-state index contributed by atoms with van der Waals surface area (Å²) >= 11 is 2.41. The predicted molar refractivity (Wildman–Crippen MR) is 86.3 cm³/mol. The van der Waals surface area contributed by atoms with Crippen molar-refractivity contribution in [2.75, 3.05) is 23.3 Å². The molecule has 2 aliphatic rings. The van der Waals surface area contributed by atoms with Crippen molar-refractivity contribution in [1.82, 2.24) is 4.90 Å². The molecule has 4 heteroatoms. The molecule has 102 valence electrons. The van der Waals surface area contributed by atoms with Gasteiger partial charge in [-0.25, -0.2) is 0 Å². The number of alkyl halides is 1. The second kappa shape index (κ2) is 5.05. The highest BCUT2D eigenvalue weighted by Gasteiger charge is 2.54. The highest BCUT2D eigenvalue weighted by Crippen LogP contribution is 2.42. The molecule has 3 rings (SSSR count). The van der Waals surface area contributed by atoms with Gasteiger partial charge in [0.25, 0.3) is 0 Å². The van der Waals surface area contributed by atoms with Gasteiger partial charge in [0.05, 0.1) is 0 Å². The van der Waals surface area contributed by atoms with Crippen molar-refractivity contribution in [3.05, 3.63) is 29.8 Å². The Morgan fingerprint density at radius 3 is 3.00 bits per heavy atom. The highest BCUT2D eigenvalue weighted by atomic mass is 127. The van der Waals surface area contributed by atoms with E-state index in [1.165, 1.54) is 6.42 Å². The Morgan fingerprint density at radius 1 is 1.47 bits per heavy atom. The minimum absolute atomic E-state index is 0.297. The zero-order valence-electron chi connectivity index (χ0n) is 11.2. The molecule has 1 fully saturated rings. The molecule has 1 N–H and O–H groups in total. The van der Waals surface area contributed by atoms with Gasteiger partial charge in [-0.05, 0) is 42.9 Å². The van der Waals surface area contributed by atoms with E-state index in [0.29, 0.717) is 11.8 Å². The Labute approximate surface area is 127 Å². The van der Waals surface area contributed by atoms with Gasteiger partial charge in [0.2, 0.25) is 0 Å². The number of rotatable bonds is 3. The van der Waals surface area contributed by atoms with Gasteiger partial charge in [0, 0.05) is 23.8 Å². The minimum atomic E-state index is -0.371. The molecule has 0 aliphatic carbocycles. The lowest BCUT2D eigenvalue weighted by molar-refractivity contribution is 0.0882. The third-order valence-corrected chi connectivity index (χ3v) is 5.27. The SMILES string of the molecule is CN1CCC2(Nc3ccccc3C2=O)C1CCCI. The maximum absolute atomic E-state index is 12.8. The van der Waals surface area contributed by atoms with Crippen LogP contribution >= 0.6 is 22.6 Å². The first-order chi connectivity index (χ1) is 9.19. The first-order valence-corrected chi connectivity index (χ1v) is 8.40. The van der Waals surface area contributed by atoms with Crippen LogP contribution in [0.2, 0.25) is 0 Å². The Morgan fingerprint density at radius 2 is 2.26 bits per heavy atom. The van der Waals surface area contributed by atoms with E-state index in [1.807, 2.05) is 24.3 Å². The third kappa shape index (κ3) is 2.00. The summed E-state index contributed by atoms with van der Waals surface area (Å²) in [6.07, 6.45) is 3.18. The number of likely N-dealkylation sites (N-methyl/N-ethyl adjacent to an activating group) is 1. The van der Waals surface area contributed by atoms with Gasteiger partial charge in [0.1, 0.15) is 5.54 Å². The molecule has 2 unspecified atom stereocenters. The number of nitrogens with one attached hydrogen (secondary N) is 1. The molecule has 2 aliphatic heterocycles. The first kappa shape index (κ1) is 13.4. The van der Waals surface area contributed by atoms with Crippen LogP contribution in [0.15, 0.2) is 24.3 Å². The van der Waals surface area contributed by atoms with Crippen LogP contribution in [0.5, 0.6) is 0 Å². The number of hydrogen-bond donors (Lipinski definition) is 1. The second-order valence-electron chi connectivity index (χ2n) is 5.55. The lowest BCUT2D eigenvalue weighted by atomic mass is 9.84. The van der Waals surface area contributed by atoms with Crippen molar-refractivity contribution in [2.24, 2.45) is 0 Å². The molecule has 0 amide bonds. The first-order valence-electron chi connectivity index (χ1n) is 6.87. The average molecular weight is 370 g/mol. The molecule has 19 heavy (non-hydrogen) atoms. The number of anilines is 1. The van der Waals surface area contributed by atoms with E-state index >= 15 is 0 Å². The maximum Gasteiger partial charge on any atom is 0.191 e. The summed E-state index contributed by atoms with van der Waals surface area (Å²) < 4.78 is 1.15. The molecule has 1 spiro atoms. The largest absolute Gasteiger partial charge is 0.371 e. The van der Waals surface area contributed by atoms with Crippen molar-refractivity contribution >= 4 is 34.1 Å². The Balaban J connectivity index is 1.94. The fraction of sp³-hybridized carbons (Fsp3) is 0.533. The van der Waals surface area contributed by atoms with Crippen molar-refractivity contribution < 1.29 is 4.79 Å². The zero-order valence-corrected chi connectivity index (χ0v) is 13.3. The smallest absolute Gasteiger partial charge is 0.191 e. The fourth-order valence-corrected chi connectivity index (χ4v) is 3.97. The summed E-state index contributed by atoms with van der Waals surface area (Å²) in [5.74, 6) is 0.297. The van der Waals surface area contributed by atoms with Crippen molar-refractivity contribution in [3.63, 3.8) is 0 Å². The Bertz CT molecular complexity index is 505. The van der Waals surface area contributed by atoms with E-state index in [2.05, 4.69) is 39.9 Å². The molecule has 1 saturated heterocycles. The number of Topliss-reactive ketones (excluding diaryl/α,β-unsaturated/α-hetero) is 1. The molecule has 0 radical (unpaired) electrons. The highest BCUT2D eigenvalue weighted by molar-refractivity contribution is 14.1. The molecule has 0 bridgehead atoms. The molecular weight excluding hydrogens is 351 g/mol.